The lowest BCUT2D eigenvalue weighted by molar-refractivity contribution is 0.199. The van der Waals surface area contributed by atoms with E-state index in [1.54, 1.807) is 7.11 Å². The molecule has 0 radical (unpaired) electrons. The summed E-state index contributed by atoms with van der Waals surface area (Å²) in [6.45, 7) is 5.18. The van der Waals surface area contributed by atoms with Crippen LogP contribution in [0.3, 0.4) is 0 Å². The monoisotopic (exact) mass is 247 g/mol. The van der Waals surface area contributed by atoms with Crippen LogP contribution in [0, 0.1) is 5.92 Å². The zero-order valence-corrected chi connectivity index (χ0v) is 11.6. The highest BCUT2D eigenvalue weighted by Crippen LogP contribution is 2.56. The molecule has 1 aromatic carbocycles. The van der Waals surface area contributed by atoms with Gasteiger partial charge in [0.15, 0.2) is 0 Å². The molecule has 0 aliphatic heterocycles. The first kappa shape index (κ1) is 13.6. The van der Waals surface area contributed by atoms with E-state index >= 15 is 0 Å². The van der Waals surface area contributed by atoms with E-state index in [2.05, 4.69) is 42.6 Å². The van der Waals surface area contributed by atoms with Crippen LogP contribution in [0.15, 0.2) is 30.3 Å². The fourth-order valence-electron chi connectivity index (χ4n) is 3.12. The molecule has 1 aromatic rings. The molecule has 18 heavy (non-hydrogen) atoms. The van der Waals surface area contributed by atoms with Gasteiger partial charge in [-0.1, -0.05) is 43.7 Å². The van der Waals surface area contributed by atoms with Crippen molar-refractivity contribution in [2.75, 3.05) is 26.8 Å². The van der Waals surface area contributed by atoms with Gasteiger partial charge in [0.1, 0.15) is 0 Å². The third kappa shape index (κ3) is 2.93. The quantitative estimate of drug-likeness (QED) is 0.713. The van der Waals surface area contributed by atoms with Gasteiger partial charge in [-0.25, -0.2) is 0 Å². The van der Waals surface area contributed by atoms with Gasteiger partial charge in [-0.3, -0.25) is 0 Å². The van der Waals surface area contributed by atoms with Crippen LogP contribution >= 0.6 is 0 Å². The molecule has 2 nitrogen and oxygen atoms in total. The van der Waals surface area contributed by atoms with Crippen LogP contribution in [0.25, 0.3) is 0 Å². The third-order valence-electron chi connectivity index (χ3n) is 4.15. The first-order valence-corrected chi connectivity index (χ1v) is 7.08. The number of hydrogen-bond donors (Lipinski definition) is 1. The van der Waals surface area contributed by atoms with Gasteiger partial charge in [0.25, 0.3) is 0 Å². The van der Waals surface area contributed by atoms with E-state index in [9.17, 15) is 0 Å². The Labute approximate surface area is 111 Å². The maximum atomic E-state index is 5.07. The second-order valence-corrected chi connectivity index (χ2v) is 5.37. The number of benzene rings is 1. The fourth-order valence-corrected chi connectivity index (χ4v) is 3.12. The lowest BCUT2D eigenvalue weighted by Gasteiger charge is -2.17. The third-order valence-corrected chi connectivity index (χ3v) is 4.15. The zero-order valence-electron chi connectivity index (χ0n) is 11.6. The largest absolute Gasteiger partial charge is 0.383 e. The van der Waals surface area contributed by atoms with E-state index in [0.29, 0.717) is 5.41 Å². The summed E-state index contributed by atoms with van der Waals surface area (Å²) in [5.74, 6) is 0.803. The highest BCUT2D eigenvalue weighted by molar-refractivity contribution is 5.33. The van der Waals surface area contributed by atoms with Crippen molar-refractivity contribution >= 4 is 0 Å². The van der Waals surface area contributed by atoms with Crippen molar-refractivity contribution in [3.63, 3.8) is 0 Å². The number of ether oxygens (including phenoxy) is 1. The number of methoxy groups -OCH3 is 1. The Morgan fingerprint density at radius 1 is 1.33 bits per heavy atom. The molecule has 1 fully saturated rings. The minimum atomic E-state index is 0.454. The molecule has 0 saturated heterocycles. The fraction of sp³-hybridized carbons (Fsp3) is 0.625. The summed E-state index contributed by atoms with van der Waals surface area (Å²) in [5.41, 5.74) is 1.99. The van der Waals surface area contributed by atoms with E-state index in [4.69, 9.17) is 4.74 Å². The normalized spacial score (nSPS) is 26.2. The van der Waals surface area contributed by atoms with Crippen molar-refractivity contribution in [1.29, 1.82) is 0 Å². The Morgan fingerprint density at radius 2 is 2.11 bits per heavy atom. The number of hydrogen-bond acceptors (Lipinski definition) is 2. The average Bonchev–Trinajstić information content (AvgIpc) is 3.11. The van der Waals surface area contributed by atoms with Gasteiger partial charge in [0.05, 0.1) is 6.61 Å². The molecular weight excluding hydrogens is 222 g/mol. The molecule has 2 atom stereocenters. The smallest absolute Gasteiger partial charge is 0.0587 e. The summed E-state index contributed by atoms with van der Waals surface area (Å²) < 4.78 is 5.07. The highest BCUT2D eigenvalue weighted by atomic mass is 16.5. The molecule has 100 valence electrons. The van der Waals surface area contributed by atoms with E-state index in [0.717, 1.165) is 25.6 Å². The summed E-state index contributed by atoms with van der Waals surface area (Å²) in [5, 5.41) is 3.51. The van der Waals surface area contributed by atoms with Crippen LogP contribution in [0.1, 0.15) is 31.7 Å². The number of rotatable bonds is 8. The van der Waals surface area contributed by atoms with Crippen LogP contribution in [0.5, 0.6) is 0 Å². The predicted octanol–water partition coefficient (Wildman–Crippen LogP) is 2.98. The molecule has 0 bridgehead atoms. The van der Waals surface area contributed by atoms with Gasteiger partial charge in [-0.2, -0.15) is 0 Å². The Hall–Kier alpha value is -0.860. The van der Waals surface area contributed by atoms with Crippen LogP contribution < -0.4 is 5.32 Å². The summed E-state index contributed by atoms with van der Waals surface area (Å²) in [4.78, 5) is 0. The molecule has 2 rings (SSSR count). The zero-order chi connectivity index (χ0) is 12.8. The number of nitrogens with one attached hydrogen (secondary N) is 1. The van der Waals surface area contributed by atoms with Crippen LogP contribution in [0.2, 0.25) is 0 Å². The summed E-state index contributed by atoms with van der Waals surface area (Å²) >= 11 is 0. The minimum absolute atomic E-state index is 0.454. The highest BCUT2D eigenvalue weighted by Gasteiger charge is 2.53. The first-order chi connectivity index (χ1) is 8.83. The van der Waals surface area contributed by atoms with E-state index in [-0.39, 0.29) is 0 Å². The topological polar surface area (TPSA) is 21.3 Å². The van der Waals surface area contributed by atoms with Gasteiger partial charge < -0.3 is 10.1 Å². The van der Waals surface area contributed by atoms with Crippen molar-refractivity contribution in [2.24, 2.45) is 5.92 Å². The maximum absolute atomic E-state index is 5.07. The van der Waals surface area contributed by atoms with Crippen molar-refractivity contribution in [3.8, 4) is 0 Å². The lowest BCUT2D eigenvalue weighted by atomic mass is 9.88. The van der Waals surface area contributed by atoms with Crippen molar-refractivity contribution in [2.45, 2.75) is 31.6 Å². The van der Waals surface area contributed by atoms with Gasteiger partial charge in [0, 0.05) is 13.7 Å². The molecule has 0 heterocycles. The van der Waals surface area contributed by atoms with Crippen molar-refractivity contribution in [1.82, 2.24) is 5.32 Å². The molecule has 0 aromatic heterocycles. The van der Waals surface area contributed by atoms with Crippen molar-refractivity contribution < 1.29 is 4.74 Å². The van der Waals surface area contributed by atoms with E-state index in [1.165, 1.54) is 24.8 Å². The van der Waals surface area contributed by atoms with Crippen LogP contribution in [-0.2, 0) is 10.2 Å². The Balaban J connectivity index is 1.91. The maximum Gasteiger partial charge on any atom is 0.0587 e. The molecule has 0 spiro atoms. The Kier molecular flexibility index (Phi) is 4.79. The predicted molar refractivity (Wildman–Crippen MR) is 75.9 cm³/mol. The molecule has 0 amide bonds. The SMILES string of the molecule is CCCC1(c2ccccc2)CC1CNCCOC. The van der Waals surface area contributed by atoms with Gasteiger partial charge >= 0.3 is 0 Å². The molecule has 1 aliphatic carbocycles. The van der Waals surface area contributed by atoms with Crippen LogP contribution in [-0.4, -0.2) is 26.8 Å². The van der Waals surface area contributed by atoms with Crippen LogP contribution in [0.4, 0.5) is 0 Å². The second kappa shape index (κ2) is 6.35. The average molecular weight is 247 g/mol. The molecule has 2 heteroatoms. The summed E-state index contributed by atoms with van der Waals surface area (Å²) in [7, 11) is 1.75. The minimum Gasteiger partial charge on any atom is -0.383 e. The van der Waals surface area contributed by atoms with Gasteiger partial charge in [0.2, 0.25) is 0 Å². The van der Waals surface area contributed by atoms with E-state index < -0.39 is 0 Å². The Morgan fingerprint density at radius 3 is 2.78 bits per heavy atom. The van der Waals surface area contributed by atoms with Crippen molar-refractivity contribution in [3.05, 3.63) is 35.9 Å². The standard InChI is InChI=1S/C16H25NO/c1-3-9-16(14-7-5-4-6-8-14)12-15(16)13-17-10-11-18-2/h4-8,15,17H,3,9-13H2,1-2H3. The van der Waals surface area contributed by atoms with Gasteiger partial charge in [-0.05, 0) is 36.3 Å². The Bertz CT molecular complexity index is 351. The summed E-state index contributed by atoms with van der Waals surface area (Å²) in [6.07, 6.45) is 3.92. The molecule has 2 unspecified atom stereocenters. The lowest BCUT2D eigenvalue weighted by Crippen LogP contribution is -2.24. The molecule has 1 saturated carbocycles. The summed E-state index contributed by atoms with van der Waals surface area (Å²) in [6, 6.07) is 11.0. The van der Waals surface area contributed by atoms with Gasteiger partial charge in [-0.15, -0.1) is 0 Å². The second-order valence-electron chi connectivity index (χ2n) is 5.37. The molecular formula is C16H25NO. The van der Waals surface area contributed by atoms with E-state index in [1.807, 2.05) is 0 Å². The molecule has 1 aliphatic rings. The first-order valence-electron chi connectivity index (χ1n) is 7.08. The molecule has 1 N–H and O–H groups in total.